The first kappa shape index (κ1) is 14.7. The second-order valence-electron chi connectivity index (χ2n) is 3.17. The van der Waals surface area contributed by atoms with Gasteiger partial charge in [-0.3, -0.25) is 9.59 Å². The lowest BCUT2D eigenvalue weighted by molar-refractivity contribution is -0.137. The highest BCUT2D eigenvalue weighted by atomic mass is 32.1. The summed E-state index contributed by atoms with van der Waals surface area (Å²) in [6, 6.07) is 8.94. The Morgan fingerprint density at radius 2 is 1.81 bits per heavy atom. The molecule has 0 amide bonds. The summed E-state index contributed by atoms with van der Waals surface area (Å²) in [6.45, 7) is 1.98. The number of unbranched alkanes of at least 4 members (excludes halogenated alkanes) is 1. The van der Waals surface area contributed by atoms with Gasteiger partial charge in [-0.05, 0) is 6.42 Å². The maximum absolute atomic E-state index is 10.5. The SMILES string of the molecule is CCCCC(=O)O.O=C(S)c1ccccc1. The van der Waals surface area contributed by atoms with Crippen LogP contribution in [-0.4, -0.2) is 16.2 Å². The van der Waals surface area contributed by atoms with E-state index in [-0.39, 0.29) is 5.12 Å². The van der Waals surface area contributed by atoms with Gasteiger partial charge in [0, 0.05) is 12.0 Å². The van der Waals surface area contributed by atoms with Crippen molar-refractivity contribution in [3.05, 3.63) is 35.9 Å². The molecule has 1 aromatic rings. The van der Waals surface area contributed by atoms with Gasteiger partial charge in [-0.25, -0.2) is 0 Å². The van der Waals surface area contributed by atoms with Gasteiger partial charge < -0.3 is 5.11 Å². The summed E-state index contributed by atoms with van der Waals surface area (Å²) in [5.74, 6) is -0.693. The van der Waals surface area contributed by atoms with Crippen molar-refractivity contribution in [2.75, 3.05) is 0 Å². The van der Waals surface area contributed by atoms with E-state index in [9.17, 15) is 9.59 Å². The van der Waals surface area contributed by atoms with Crippen LogP contribution in [0.5, 0.6) is 0 Å². The lowest BCUT2D eigenvalue weighted by Gasteiger charge is -1.88. The molecule has 0 spiro atoms. The molecule has 0 saturated heterocycles. The maximum atomic E-state index is 10.5. The summed E-state index contributed by atoms with van der Waals surface area (Å²) in [5.41, 5.74) is 0.640. The van der Waals surface area contributed by atoms with Gasteiger partial charge in [0.25, 0.3) is 0 Å². The van der Waals surface area contributed by atoms with Crippen molar-refractivity contribution in [1.29, 1.82) is 0 Å². The molecule has 1 N–H and O–H groups in total. The normalized spacial score (nSPS) is 8.88. The molecular formula is C12H16O3S. The standard InChI is InChI=1S/C7H6OS.C5H10O2/c8-7(9)6-4-2-1-3-5-6;1-2-3-4-5(6)7/h1-5H,(H,8,9);2-4H2,1H3,(H,6,7). The molecule has 1 rings (SSSR count). The van der Waals surface area contributed by atoms with Crippen LogP contribution in [-0.2, 0) is 4.79 Å². The zero-order valence-corrected chi connectivity index (χ0v) is 10.1. The molecule has 1 aromatic carbocycles. The van der Waals surface area contributed by atoms with Crippen LogP contribution in [0.4, 0.5) is 0 Å². The van der Waals surface area contributed by atoms with Crippen molar-refractivity contribution >= 4 is 23.7 Å². The Kier molecular flexibility index (Phi) is 8.25. The number of hydrogen-bond acceptors (Lipinski definition) is 2. The van der Waals surface area contributed by atoms with Crippen LogP contribution < -0.4 is 0 Å². The van der Waals surface area contributed by atoms with Gasteiger partial charge in [0.05, 0.1) is 0 Å². The summed E-state index contributed by atoms with van der Waals surface area (Å²) >= 11 is 3.65. The van der Waals surface area contributed by atoms with Gasteiger partial charge in [-0.2, -0.15) is 0 Å². The van der Waals surface area contributed by atoms with E-state index in [4.69, 9.17) is 5.11 Å². The van der Waals surface area contributed by atoms with Gasteiger partial charge in [0.2, 0.25) is 5.12 Å². The predicted molar refractivity (Wildman–Crippen MR) is 66.9 cm³/mol. The Morgan fingerprint density at radius 1 is 1.25 bits per heavy atom. The average Bonchev–Trinajstić information content (AvgIpc) is 2.28. The highest BCUT2D eigenvalue weighted by Gasteiger charge is 1.94. The van der Waals surface area contributed by atoms with Crippen molar-refractivity contribution in [1.82, 2.24) is 0 Å². The van der Waals surface area contributed by atoms with E-state index in [1.54, 1.807) is 12.1 Å². The fraction of sp³-hybridized carbons (Fsp3) is 0.333. The zero-order valence-electron chi connectivity index (χ0n) is 9.22. The number of carbonyl (C=O) groups is 2. The first-order valence-corrected chi connectivity index (χ1v) is 5.52. The third kappa shape index (κ3) is 8.05. The van der Waals surface area contributed by atoms with Crippen LogP contribution >= 0.6 is 12.6 Å². The van der Waals surface area contributed by atoms with Crippen LogP contribution in [0.3, 0.4) is 0 Å². The van der Waals surface area contributed by atoms with Crippen LogP contribution in [0.25, 0.3) is 0 Å². The fourth-order valence-corrected chi connectivity index (χ4v) is 1.06. The van der Waals surface area contributed by atoms with Crippen molar-refractivity contribution in [3.8, 4) is 0 Å². The Hall–Kier alpha value is -1.29. The summed E-state index contributed by atoms with van der Waals surface area (Å²) in [4.78, 5) is 20.3. The minimum absolute atomic E-state index is 0.185. The van der Waals surface area contributed by atoms with E-state index in [0.717, 1.165) is 12.8 Å². The molecule has 0 atom stereocenters. The molecule has 0 aliphatic heterocycles. The average molecular weight is 240 g/mol. The van der Waals surface area contributed by atoms with Crippen LogP contribution in [0.2, 0.25) is 0 Å². The Bertz CT molecular complexity index is 322. The molecule has 0 radical (unpaired) electrons. The fourth-order valence-electron chi connectivity index (χ4n) is 0.909. The summed E-state index contributed by atoms with van der Waals surface area (Å²) < 4.78 is 0. The van der Waals surface area contributed by atoms with E-state index in [1.807, 2.05) is 25.1 Å². The number of thiol groups is 1. The quantitative estimate of drug-likeness (QED) is 0.795. The van der Waals surface area contributed by atoms with Gasteiger partial charge in [-0.1, -0.05) is 43.7 Å². The molecule has 3 nitrogen and oxygen atoms in total. The second kappa shape index (κ2) is 8.97. The molecule has 16 heavy (non-hydrogen) atoms. The largest absolute Gasteiger partial charge is 0.481 e. The Morgan fingerprint density at radius 3 is 2.06 bits per heavy atom. The van der Waals surface area contributed by atoms with E-state index in [0.29, 0.717) is 12.0 Å². The van der Waals surface area contributed by atoms with E-state index in [2.05, 4.69) is 12.6 Å². The first-order chi connectivity index (χ1) is 7.57. The van der Waals surface area contributed by atoms with Crippen LogP contribution in [0, 0.1) is 0 Å². The molecule has 0 aliphatic carbocycles. The number of hydrogen-bond donors (Lipinski definition) is 2. The molecule has 0 heterocycles. The van der Waals surface area contributed by atoms with Crippen molar-refractivity contribution in [3.63, 3.8) is 0 Å². The van der Waals surface area contributed by atoms with Crippen LogP contribution in [0.1, 0.15) is 36.5 Å². The Labute approximate surface area is 101 Å². The van der Waals surface area contributed by atoms with Crippen molar-refractivity contribution in [2.45, 2.75) is 26.2 Å². The molecular weight excluding hydrogens is 224 g/mol. The highest BCUT2D eigenvalue weighted by Crippen LogP contribution is 2.00. The number of carboxylic acids is 1. The van der Waals surface area contributed by atoms with Gasteiger partial charge >= 0.3 is 5.97 Å². The van der Waals surface area contributed by atoms with Gasteiger partial charge in [-0.15, -0.1) is 12.6 Å². The van der Waals surface area contributed by atoms with Crippen molar-refractivity contribution < 1.29 is 14.7 Å². The molecule has 0 aliphatic rings. The molecule has 0 saturated carbocycles. The number of aliphatic carboxylic acids is 1. The maximum Gasteiger partial charge on any atom is 0.303 e. The molecule has 0 unspecified atom stereocenters. The minimum Gasteiger partial charge on any atom is -0.481 e. The summed E-state index contributed by atoms with van der Waals surface area (Å²) in [6.07, 6.45) is 2.08. The van der Waals surface area contributed by atoms with Crippen molar-refractivity contribution in [2.24, 2.45) is 0 Å². The monoisotopic (exact) mass is 240 g/mol. The van der Waals surface area contributed by atoms with E-state index in [1.165, 1.54) is 0 Å². The third-order valence-corrected chi connectivity index (χ3v) is 2.02. The molecule has 0 bridgehead atoms. The third-order valence-electron chi connectivity index (χ3n) is 1.76. The molecule has 4 heteroatoms. The smallest absolute Gasteiger partial charge is 0.303 e. The number of carbonyl (C=O) groups excluding carboxylic acids is 1. The lowest BCUT2D eigenvalue weighted by atomic mass is 10.2. The molecule has 88 valence electrons. The van der Waals surface area contributed by atoms with E-state index >= 15 is 0 Å². The number of rotatable bonds is 4. The van der Waals surface area contributed by atoms with Gasteiger partial charge in [0.1, 0.15) is 0 Å². The second-order valence-corrected chi connectivity index (χ2v) is 3.57. The number of benzene rings is 1. The lowest BCUT2D eigenvalue weighted by Crippen LogP contribution is -1.91. The van der Waals surface area contributed by atoms with E-state index < -0.39 is 5.97 Å². The number of carboxylic acid groups (broad SMARTS) is 1. The topological polar surface area (TPSA) is 54.4 Å². The zero-order chi connectivity index (χ0) is 12.4. The Balaban J connectivity index is 0.000000293. The summed E-state index contributed by atoms with van der Waals surface area (Å²) in [7, 11) is 0. The highest BCUT2D eigenvalue weighted by molar-refractivity contribution is 7.97. The predicted octanol–water partition coefficient (Wildman–Crippen LogP) is 3.02. The van der Waals surface area contributed by atoms with Gasteiger partial charge in [0.15, 0.2) is 0 Å². The van der Waals surface area contributed by atoms with Crippen LogP contribution in [0.15, 0.2) is 30.3 Å². The molecule has 0 fully saturated rings. The first-order valence-electron chi connectivity index (χ1n) is 5.08. The molecule has 0 aromatic heterocycles. The summed E-state index contributed by atoms with van der Waals surface area (Å²) in [5, 5.41) is 7.86. The minimum atomic E-state index is -0.693.